The first-order chi connectivity index (χ1) is 10.2. The second-order valence-electron chi connectivity index (χ2n) is 5.36. The number of amides is 2. The van der Waals surface area contributed by atoms with Gasteiger partial charge in [0.15, 0.2) is 0 Å². The molecule has 1 aliphatic carbocycles. The normalized spacial score (nSPS) is 17.6. The molecule has 114 valence electrons. The minimum absolute atomic E-state index is 0.0868. The van der Waals surface area contributed by atoms with Gasteiger partial charge in [0.1, 0.15) is 0 Å². The maximum atomic E-state index is 11.9. The number of carbonyl (C=O) groups is 1. The van der Waals surface area contributed by atoms with Crippen LogP contribution in [0.5, 0.6) is 0 Å². The highest BCUT2D eigenvalue weighted by atomic mass is 16.5. The van der Waals surface area contributed by atoms with Gasteiger partial charge in [-0.3, -0.25) is 4.79 Å². The van der Waals surface area contributed by atoms with Gasteiger partial charge in [-0.2, -0.15) is 5.10 Å². The molecular formula is C14H20N4O3. The van der Waals surface area contributed by atoms with E-state index in [1.165, 1.54) is 4.68 Å². The molecule has 21 heavy (non-hydrogen) atoms. The minimum atomic E-state index is -0.104. The zero-order valence-electron chi connectivity index (χ0n) is 12.0. The van der Waals surface area contributed by atoms with Crippen molar-refractivity contribution in [1.29, 1.82) is 0 Å². The second kappa shape index (κ2) is 6.26. The van der Waals surface area contributed by atoms with E-state index in [4.69, 9.17) is 4.74 Å². The number of hydrogen-bond acceptors (Lipinski definition) is 4. The molecule has 1 aliphatic heterocycles. The lowest BCUT2D eigenvalue weighted by Crippen LogP contribution is -2.47. The Labute approximate surface area is 122 Å². The highest BCUT2D eigenvalue weighted by Gasteiger charge is 2.17. The van der Waals surface area contributed by atoms with Crippen LogP contribution in [-0.2, 0) is 24.1 Å². The lowest BCUT2D eigenvalue weighted by Gasteiger charge is -2.26. The van der Waals surface area contributed by atoms with Gasteiger partial charge < -0.3 is 15.0 Å². The first-order valence-corrected chi connectivity index (χ1v) is 7.44. The van der Waals surface area contributed by atoms with Gasteiger partial charge >= 0.3 is 6.03 Å². The monoisotopic (exact) mass is 292 g/mol. The quantitative estimate of drug-likeness (QED) is 0.835. The highest BCUT2D eigenvalue weighted by Crippen LogP contribution is 2.16. The molecule has 7 heteroatoms. The summed E-state index contributed by atoms with van der Waals surface area (Å²) < 4.78 is 6.65. The van der Waals surface area contributed by atoms with Crippen molar-refractivity contribution in [2.24, 2.45) is 0 Å². The van der Waals surface area contributed by atoms with E-state index in [0.29, 0.717) is 39.4 Å². The Morgan fingerprint density at radius 1 is 1.33 bits per heavy atom. The third-order valence-electron chi connectivity index (χ3n) is 3.92. The number of ether oxygens (including phenoxy) is 1. The molecule has 0 aromatic carbocycles. The molecule has 1 aromatic heterocycles. The van der Waals surface area contributed by atoms with Crippen LogP contribution in [-0.4, -0.2) is 53.6 Å². The van der Waals surface area contributed by atoms with Crippen molar-refractivity contribution in [3.8, 4) is 0 Å². The lowest BCUT2D eigenvalue weighted by molar-refractivity contribution is 0.0532. The van der Waals surface area contributed by atoms with Gasteiger partial charge in [-0.15, -0.1) is 0 Å². The van der Waals surface area contributed by atoms with Crippen molar-refractivity contribution < 1.29 is 9.53 Å². The van der Waals surface area contributed by atoms with Crippen molar-refractivity contribution in [2.45, 2.75) is 25.8 Å². The number of aryl methyl sites for hydroxylation is 2. The van der Waals surface area contributed by atoms with Crippen LogP contribution in [0.25, 0.3) is 0 Å². The average molecular weight is 292 g/mol. The van der Waals surface area contributed by atoms with Gasteiger partial charge in [0, 0.05) is 25.7 Å². The third-order valence-corrected chi connectivity index (χ3v) is 3.92. The van der Waals surface area contributed by atoms with E-state index in [0.717, 1.165) is 30.5 Å². The van der Waals surface area contributed by atoms with E-state index < -0.39 is 0 Å². The van der Waals surface area contributed by atoms with E-state index >= 15 is 0 Å². The van der Waals surface area contributed by atoms with Gasteiger partial charge in [-0.25, -0.2) is 9.48 Å². The number of hydrogen-bond donors (Lipinski definition) is 1. The number of rotatable bonds is 3. The fraction of sp³-hybridized carbons (Fsp3) is 0.643. The van der Waals surface area contributed by atoms with E-state index in [2.05, 4.69) is 10.4 Å². The predicted octanol–water partition coefficient (Wildman–Crippen LogP) is -0.226. The summed E-state index contributed by atoms with van der Waals surface area (Å²) in [6.07, 6.45) is 2.96. The van der Waals surface area contributed by atoms with Gasteiger partial charge in [-0.05, 0) is 24.8 Å². The number of fused-ring (bicyclic) bond motifs is 1. The maximum absolute atomic E-state index is 11.9. The van der Waals surface area contributed by atoms with Crippen molar-refractivity contribution in [3.63, 3.8) is 0 Å². The largest absolute Gasteiger partial charge is 0.378 e. The summed E-state index contributed by atoms with van der Waals surface area (Å²) in [6.45, 7) is 3.20. The molecule has 2 heterocycles. The number of urea groups is 1. The molecule has 1 aromatic rings. The summed E-state index contributed by atoms with van der Waals surface area (Å²) in [6, 6.07) is 1.58. The van der Waals surface area contributed by atoms with Crippen LogP contribution in [0.1, 0.15) is 17.7 Å². The summed E-state index contributed by atoms with van der Waals surface area (Å²) in [5, 5.41) is 7.21. The molecule has 2 aliphatic rings. The van der Waals surface area contributed by atoms with E-state index in [1.54, 1.807) is 11.0 Å². The molecular weight excluding hydrogens is 272 g/mol. The molecule has 0 spiro atoms. The molecule has 0 atom stereocenters. The Bertz CT molecular complexity index is 578. The highest BCUT2D eigenvalue weighted by molar-refractivity contribution is 5.74. The third kappa shape index (κ3) is 3.24. The standard InChI is InChI=1S/C14H20N4O3/c19-13-10-11-2-1-3-12(11)16-18(13)5-4-15-14(20)17-6-8-21-9-7-17/h10H,1-9H2,(H,15,20). The average Bonchev–Trinajstić information content (AvgIpc) is 2.95. The summed E-state index contributed by atoms with van der Waals surface area (Å²) >= 11 is 0. The Kier molecular flexibility index (Phi) is 4.19. The fourth-order valence-corrected chi connectivity index (χ4v) is 2.75. The van der Waals surface area contributed by atoms with Crippen LogP contribution in [0.4, 0.5) is 4.79 Å². The van der Waals surface area contributed by atoms with Crippen LogP contribution < -0.4 is 10.9 Å². The summed E-state index contributed by atoms with van der Waals surface area (Å²) in [5.74, 6) is 0. The number of carbonyl (C=O) groups excluding carboxylic acids is 1. The van der Waals surface area contributed by atoms with E-state index in [9.17, 15) is 9.59 Å². The Morgan fingerprint density at radius 2 is 2.14 bits per heavy atom. The molecule has 1 N–H and O–H groups in total. The van der Waals surface area contributed by atoms with Gasteiger partial charge in [0.2, 0.25) is 0 Å². The molecule has 0 bridgehead atoms. The zero-order chi connectivity index (χ0) is 14.7. The molecule has 0 saturated carbocycles. The maximum Gasteiger partial charge on any atom is 0.317 e. The molecule has 1 saturated heterocycles. The van der Waals surface area contributed by atoms with Gasteiger partial charge in [0.25, 0.3) is 5.56 Å². The number of morpholine rings is 1. The van der Waals surface area contributed by atoms with Crippen molar-refractivity contribution in [3.05, 3.63) is 27.7 Å². The lowest BCUT2D eigenvalue weighted by atomic mass is 10.2. The minimum Gasteiger partial charge on any atom is -0.378 e. The summed E-state index contributed by atoms with van der Waals surface area (Å²) in [4.78, 5) is 25.6. The van der Waals surface area contributed by atoms with Crippen LogP contribution in [0.15, 0.2) is 10.9 Å². The Hall–Kier alpha value is -1.89. The SMILES string of the molecule is O=C(NCCn1nc2c(cc1=O)CCC2)N1CCOCC1. The fourth-order valence-electron chi connectivity index (χ4n) is 2.75. The smallest absolute Gasteiger partial charge is 0.317 e. The number of aromatic nitrogens is 2. The molecule has 3 rings (SSSR count). The Morgan fingerprint density at radius 3 is 2.95 bits per heavy atom. The summed E-state index contributed by atoms with van der Waals surface area (Å²) in [7, 11) is 0. The van der Waals surface area contributed by atoms with Crippen LogP contribution in [0.2, 0.25) is 0 Å². The van der Waals surface area contributed by atoms with Crippen molar-refractivity contribution in [2.75, 3.05) is 32.8 Å². The second-order valence-corrected chi connectivity index (χ2v) is 5.36. The van der Waals surface area contributed by atoms with Crippen molar-refractivity contribution in [1.82, 2.24) is 20.0 Å². The van der Waals surface area contributed by atoms with E-state index in [1.807, 2.05) is 0 Å². The molecule has 2 amide bonds. The number of nitrogens with one attached hydrogen (secondary N) is 1. The first kappa shape index (κ1) is 14.1. The van der Waals surface area contributed by atoms with E-state index in [-0.39, 0.29) is 11.6 Å². The molecule has 0 radical (unpaired) electrons. The first-order valence-electron chi connectivity index (χ1n) is 7.44. The zero-order valence-corrected chi connectivity index (χ0v) is 12.0. The molecule has 0 unspecified atom stereocenters. The Balaban J connectivity index is 1.53. The molecule has 1 fully saturated rings. The van der Waals surface area contributed by atoms with Gasteiger partial charge in [-0.1, -0.05) is 0 Å². The van der Waals surface area contributed by atoms with Gasteiger partial charge in [0.05, 0.1) is 25.5 Å². The van der Waals surface area contributed by atoms with Crippen LogP contribution in [0, 0.1) is 0 Å². The van der Waals surface area contributed by atoms with Crippen molar-refractivity contribution >= 4 is 6.03 Å². The molecule has 7 nitrogen and oxygen atoms in total. The van der Waals surface area contributed by atoms with Crippen LogP contribution in [0.3, 0.4) is 0 Å². The van der Waals surface area contributed by atoms with Crippen LogP contribution >= 0.6 is 0 Å². The summed E-state index contributed by atoms with van der Waals surface area (Å²) in [5.41, 5.74) is 2.01. The predicted molar refractivity (Wildman–Crippen MR) is 76.3 cm³/mol. The number of nitrogens with zero attached hydrogens (tertiary/aromatic N) is 3. The topological polar surface area (TPSA) is 76.5 Å².